The molecular weight excluding hydrogens is 228 g/mol. The lowest BCUT2D eigenvalue weighted by atomic mass is 9.81. The predicted octanol–water partition coefficient (Wildman–Crippen LogP) is 1.94. The van der Waals surface area contributed by atoms with E-state index in [1.165, 1.54) is 4.90 Å². The van der Waals surface area contributed by atoms with Gasteiger partial charge in [-0.1, -0.05) is 20.8 Å². The molecule has 1 aliphatic rings. The topological polar surface area (TPSA) is 49.4 Å². The van der Waals surface area contributed by atoms with Crippen molar-refractivity contribution >= 4 is 11.8 Å². The minimum Gasteiger partial charge on any atom is -0.317 e. The molecule has 1 heterocycles. The highest BCUT2D eigenvalue weighted by Crippen LogP contribution is 2.31. The molecule has 1 fully saturated rings. The number of nitrogens with zero attached hydrogens (tertiary/aromatic N) is 1. The van der Waals surface area contributed by atoms with E-state index < -0.39 is 0 Å². The van der Waals surface area contributed by atoms with Gasteiger partial charge in [-0.25, -0.2) is 0 Å². The number of amides is 2. The SMILES string of the molecule is CCC(CCCN1C(=O)CC(C)(C)CC1=O)NC. The highest BCUT2D eigenvalue weighted by atomic mass is 16.2. The van der Waals surface area contributed by atoms with Gasteiger partial charge in [0.05, 0.1) is 0 Å². The van der Waals surface area contributed by atoms with Crippen molar-refractivity contribution in [2.45, 2.75) is 58.9 Å². The Morgan fingerprint density at radius 3 is 2.28 bits per heavy atom. The fourth-order valence-corrected chi connectivity index (χ4v) is 2.51. The molecule has 1 rings (SSSR count). The molecule has 0 saturated carbocycles. The van der Waals surface area contributed by atoms with Gasteiger partial charge in [-0.15, -0.1) is 0 Å². The molecule has 0 aromatic carbocycles. The minimum absolute atomic E-state index is 0.00578. The molecule has 4 nitrogen and oxygen atoms in total. The molecule has 0 spiro atoms. The number of hydrogen-bond donors (Lipinski definition) is 1. The molecule has 1 aliphatic heterocycles. The maximum atomic E-state index is 11.9. The van der Waals surface area contributed by atoms with E-state index in [-0.39, 0.29) is 17.2 Å². The summed E-state index contributed by atoms with van der Waals surface area (Å²) in [5.74, 6) is -0.0116. The smallest absolute Gasteiger partial charge is 0.229 e. The molecule has 2 amide bonds. The van der Waals surface area contributed by atoms with Crippen LogP contribution in [0.3, 0.4) is 0 Å². The first kappa shape index (κ1) is 15.2. The molecule has 0 bridgehead atoms. The van der Waals surface area contributed by atoms with Crippen LogP contribution >= 0.6 is 0 Å². The highest BCUT2D eigenvalue weighted by molar-refractivity contribution is 5.98. The molecule has 104 valence electrons. The third-order valence-corrected chi connectivity index (χ3v) is 3.70. The van der Waals surface area contributed by atoms with E-state index in [9.17, 15) is 9.59 Å². The van der Waals surface area contributed by atoms with Crippen LogP contribution in [0.5, 0.6) is 0 Å². The zero-order valence-corrected chi connectivity index (χ0v) is 12.1. The zero-order chi connectivity index (χ0) is 13.8. The van der Waals surface area contributed by atoms with Crippen LogP contribution in [0, 0.1) is 5.41 Å². The first-order valence-corrected chi connectivity index (χ1v) is 6.90. The number of likely N-dealkylation sites (tertiary alicyclic amines) is 1. The fourth-order valence-electron chi connectivity index (χ4n) is 2.51. The minimum atomic E-state index is -0.165. The van der Waals surface area contributed by atoms with E-state index in [1.807, 2.05) is 20.9 Å². The molecule has 1 N–H and O–H groups in total. The second-order valence-electron chi connectivity index (χ2n) is 5.99. The van der Waals surface area contributed by atoms with Gasteiger partial charge in [0.25, 0.3) is 0 Å². The van der Waals surface area contributed by atoms with E-state index in [0.717, 1.165) is 19.3 Å². The lowest BCUT2D eigenvalue weighted by Crippen LogP contribution is -2.46. The highest BCUT2D eigenvalue weighted by Gasteiger charge is 2.36. The monoisotopic (exact) mass is 254 g/mol. The number of rotatable bonds is 6. The molecule has 0 aromatic heterocycles. The maximum absolute atomic E-state index is 11.9. The van der Waals surface area contributed by atoms with Gasteiger partial charge in [-0.3, -0.25) is 14.5 Å². The van der Waals surface area contributed by atoms with E-state index in [4.69, 9.17) is 0 Å². The molecule has 0 aromatic rings. The van der Waals surface area contributed by atoms with Gasteiger partial charge in [0, 0.05) is 25.4 Å². The van der Waals surface area contributed by atoms with Gasteiger partial charge in [0.1, 0.15) is 0 Å². The van der Waals surface area contributed by atoms with Crippen molar-refractivity contribution in [3.8, 4) is 0 Å². The second-order valence-corrected chi connectivity index (χ2v) is 5.99. The van der Waals surface area contributed by atoms with Crippen molar-refractivity contribution in [3.63, 3.8) is 0 Å². The van der Waals surface area contributed by atoms with Crippen molar-refractivity contribution in [2.24, 2.45) is 5.41 Å². The predicted molar refractivity (Wildman–Crippen MR) is 72.1 cm³/mol. The molecule has 0 radical (unpaired) electrons. The van der Waals surface area contributed by atoms with Gasteiger partial charge >= 0.3 is 0 Å². The van der Waals surface area contributed by atoms with Gasteiger partial charge < -0.3 is 5.32 Å². The van der Waals surface area contributed by atoms with E-state index in [1.54, 1.807) is 0 Å². The Morgan fingerprint density at radius 1 is 1.28 bits per heavy atom. The summed E-state index contributed by atoms with van der Waals surface area (Å²) in [6, 6.07) is 0.483. The maximum Gasteiger partial charge on any atom is 0.229 e. The van der Waals surface area contributed by atoms with Crippen molar-refractivity contribution < 1.29 is 9.59 Å². The molecule has 1 atom stereocenters. The van der Waals surface area contributed by atoms with Gasteiger partial charge in [0.2, 0.25) is 11.8 Å². The normalized spacial score (nSPS) is 21.2. The number of hydrogen-bond acceptors (Lipinski definition) is 3. The van der Waals surface area contributed by atoms with Crippen LogP contribution in [0.25, 0.3) is 0 Å². The first-order valence-electron chi connectivity index (χ1n) is 6.90. The Labute approximate surface area is 110 Å². The summed E-state index contributed by atoms with van der Waals surface area (Å²) in [5, 5.41) is 3.24. The standard InChI is InChI=1S/C14H26N2O2/c1-5-11(15-4)7-6-8-16-12(17)9-14(2,3)10-13(16)18/h11,15H,5-10H2,1-4H3. The van der Waals surface area contributed by atoms with Crippen LogP contribution in [-0.2, 0) is 9.59 Å². The van der Waals surface area contributed by atoms with Crippen LogP contribution in [-0.4, -0.2) is 36.3 Å². The van der Waals surface area contributed by atoms with E-state index in [2.05, 4.69) is 12.2 Å². The number of imide groups is 1. The van der Waals surface area contributed by atoms with Crippen LogP contribution in [0.4, 0.5) is 0 Å². The molecule has 18 heavy (non-hydrogen) atoms. The number of piperidine rings is 1. The Balaban J connectivity index is 2.43. The van der Waals surface area contributed by atoms with Crippen LogP contribution < -0.4 is 5.32 Å². The first-order chi connectivity index (χ1) is 8.39. The summed E-state index contributed by atoms with van der Waals surface area (Å²) < 4.78 is 0. The van der Waals surface area contributed by atoms with Gasteiger partial charge in [-0.2, -0.15) is 0 Å². The number of carbonyl (C=O) groups is 2. The average Bonchev–Trinajstić information content (AvgIpc) is 2.26. The molecular formula is C14H26N2O2. The largest absolute Gasteiger partial charge is 0.317 e. The summed E-state index contributed by atoms with van der Waals surface area (Å²) in [5.41, 5.74) is -0.165. The third-order valence-electron chi connectivity index (χ3n) is 3.70. The summed E-state index contributed by atoms with van der Waals surface area (Å²) in [7, 11) is 1.95. The van der Waals surface area contributed by atoms with E-state index in [0.29, 0.717) is 25.4 Å². The quantitative estimate of drug-likeness (QED) is 0.737. The third kappa shape index (κ3) is 4.09. The van der Waals surface area contributed by atoms with Crippen LogP contribution in [0.2, 0.25) is 0 Å². The Kier molecular flexibility index (Phi) is 5.32. The average molecular weight is 254 g/mol. The van der Waals surface area contributed by atoms with Gasteiger partial charge in [-0.05, 0) is 31.7 Å². The van der Waals surface area contributed by atoms with Crippen molar-refractivity contribution in [3.05, 3.63) is 0 Å². The fraction of sp³-hybridized carbons (Fsp3) is 0.857. The Bertz CT molecular complexity index is 289. The molecule has 1 saturated heterocycles. The van der Waals surface area contributed by atoms with E-state index >= 15 is 0 Å². The number of carbonyl (C=O) groups excluding carboxylic acids is 2. The van der Waals surface area contributed by atoms with Crippen molar-refractivity contribution in [2.75, 3.05) is 13.6 Å². The molecule has 0 aliphatic carbocycles. The second kappa shape index (κ2) is 6.32. The summed E-state index contributed by atoms with van der Waals surface area (Å²) in [6.07, 6.45) is 3.94. The van der Waals surface area contributed by atoms with Gasteiger partial charge in [0.15, 0.2) is 0 Å². The van der Waals surface area contributed by atoms with Crippen LogP contribution in [0.1, 0.15) is 52.9 Å². The van der Waals surface area contributed by atoms with Crippen molar-refractivity contribution in [1.82, 2.24) is 10.2 Å². The summed E-state index contributed by atoms with van der Waals surface area (Å²) in [6.45, 7) is 6.68. The summed E-state index contributed by atoms with van der Waals surface area (Å²) >= 11 is 0. The number of nitrogens with one attached hydrogen (secondary N) is 1. The van der Waals surface area contributed by atoms with Crippen molar-refractivity contribution in [1.29, 1.82) is 0 Å². The molecule has 4 heteroatoms. The lowest BCUT2D eigenvalue weighted by molar-refractivity contribution is -0.152. The lowest BCUT2D eigenvalue weighted by Gasteiger charge is -2.34. The Morgan fingerprint density at radius 2 is 1.83 bits per heavy atom. The Hall–Kier alpha value is -0.900. The molecule has 1 unspecified atom stereocenters. The summed E-state index contributed by atoms with van der Waals surface area (Å²) in [4.78, 5) is 25.3. The zero-order valence-electron chi connectivity index (χ0n) is 12.1. The van der Waals surface area contributed by atoms with Crippen LogP contribution in [0.15, 0.2) is 0 Å².